The summed E-state index contributed by atoms with van der Waals surface area (Å²) in [5.41, 5.74) is 0.913. The molecule has 4 heteroatoms. The van der Waals surface area contributed by atoms with Crippen molar-refractivity contribution in [2.45, 2.75) is 4.34 Å². The molecular weight excluding hydrogens is 178 g/mol. The predicted molar refractivity (Wildman–Crippen MR) is 46.2 cm³/mol. The van der Waals surface area contributed by atoms with Gasteiger partial charge < -0.3 is 0 Å². The third kappa shape index (κ3) is 1.24. The van der Waals surface area contributed by atoms with Crippen LogP contribution in [0.5, 0.6) is 0 Å². The van der Waals surface area contributed by atoms with Crippen molar-refractivity contribution in [2.24, 2.45) is 0 Å². The molecule has 0 fully saturated rings. The second kappa shape index (κ2) is 2.81. The van der Waals surface area contributed by atoms with Crippen LogP contribution in [0, 0.1) is 0 Å². The zero-order chi connectivity index (χ0) is 7.68. The first-order valence-electron chi connectivity index (χ1n) is 3.05. The van der Waals surface area contributed by atoms with E-state index in [1.165, 1.54) is 11.3 Å². The Balaban J connectivity index is 2.69. The maximum absolute atomic E-state index is 10.4. The van der Waals surface area contributed by atoms with Crippen molar-refractivity contribution in [3.63, 3.8) is 0 Å². The van der Waals surface area contributed by atoms with Gasteiger partial charge in [0.25, 0.3) is 0 Å². The number of hydrogen-bond donors (Lipinski definition) is 0. The van der Waals surface area contributed by atoms with E-state index in [-0.39, 0.29) is 0 Å². The summed E-state index contributed by atoms with van der Waals surface area (Å²) in [6.45, 7) is 0. The number of para-hydroxylation sites is 1. The molecule has 0 spiro atoms. The molecule has 11 heavy (non-hydrogen) atoms. The fraction of sp³-hybridized carbons (Fsp3) is 0. The summed E-state index contributed by atoms with van der Waals surface area (Å²) in [5, 5.41) is 0. The van der Waals surface area contributed by atoms with Crippen LogP contribution >= 0.6 is 23.4 Å². The summed E-state index contributed by atoms with van der Waals surface area (Å²) in [6, 6.07) is 7.74. The van der Waals surface area contributed by atoms with Crippen molar-refractivity contribution in [1.82, 2.24) is 4.98 Å². The van der Waals surface area contributed by atoms with E-state index in [0.717, 1.165) is 10.2 Å². The zero-order valence-electron chi connectivity index (χ0n) is 5.48. The number of nitrogens with zero attached hydrogens (tertiary/aromatic N) is 1. The molecule has 0 aliphatic heterocycles. The topological polar surface area (TPSA) is 32.8 Å². The summed E-state index contributed by atoms with van der Waals surface area (Å²) in [5.74, 6) is 0. The number of benzene rings is 1. The number of hydrogen-bond acceptors (Lipinski definition) is 3. The standard InChI is InChI=1S/C7H4NOS2/c9-11-7-8-5-3-1-2-4-6(5)10-7/h1-4H. The molecule has 2 aromatic rings. The van der Waals surface area contributed by atoms with Gasteiger partial charge in [0.1, 0.15) is 12.0 Å². The summed E-state index contributed by atoms with van der Waals surface area (Å²) < 4.78 is 12.0. The van der Waals surface area contributed by atoms with E-state index in [2.05, 4.69) is 4.98 Å². The molecule has 55 valence electrons. The Labute approximate surface area is 72.1 Å². The number of fused-ring (bicyclic) bond motifs is 1. The summed E-state index contributed by atoms with van der Waals surface area (Å²) in [4.78, 5) is 4.10. The third-order valence-electron chi connectivity index (χ3n) is 1.35. The van der Waals surface area contributed by atoms with E-state index in [1.807, 2.05) is 24.3 Å². The van der Waals surface area contributed by atoms with Crippen LogP contribution in [0.25, 0.3) is 10.2 Å². The van der Waals surface area contributed by atoms with Gasteiger partial charge in [-0.3, -0.25) is 0 Å². The lowest BCUT2D eigenvalue weighted by Gasteiger charge is -1.80. The largest absolute Gasteiger partial charge is 0.227 e. The van der Waals surface area contributed by atoms with Gasteiger partial charge in [0.2, 0.25) is 0 Å². The van der Waals surface area contributed by atoms with Crippen molar-refractivity contribution in [1.29, 1.82) is 0 Å². The van der Waals surface area contributed by atoms with E-state index in [1.54, 1.807) is 0 Å². The lowest BCUT2D eigenvalue weighted by Crippen LogP contribution is -1.64. The first kappa shape index (κ1) is 7.09. The van der Waals surface area contributed by atoms with Crippen LogP contribution in [-0.4, -0.2) is 4.98 Å². The van der Waals surface area contributed by atoms with Gasteiger partial charge in [0.05, 0.1) is 10.2 Å². The Bertz CT molecular complexity index is 338. The molecule has 0 atom stereocenters. The maximum Gasteiger partial charge on any atom is 0.181 e. The second-order valence-electron chi connectivity index (χ2n) is 2.03. The highest BCUT2D eigenvalue weighted by atomic mass is 32.2. The summed E-state index contributed by atoms with van der Waals surface area (Å²) in [7, 11) is 0. The van der Waals surface area contributed by atoms with Gasteiger partial charge in [-0.05, 0) is 12.1 Å². The fourth-order valence-electron chi connectivity index (χ4n) is 0.887. The number of aromatic nitrogens is 1. The SMILES string of the molecule is [O]Sc1nc2ccccc2s1. The van der Waals surface area contributed by atoms with Gasteiger partial charge >= 0.3 is 0 Å². The Morgan fingerprint density at radius 2 is 2.18 bits per heavy atom. The minimum atomic E-state index is 0.452. The van der Waals surface area contributed by atoms with E-state index < -0.39 is 0 Å². The van der Waals surface area contributed by atoms with Gasteiger partial charge in [-0.1, -0.05) is 12.1 Å². The first-order valence-corrected chi connectivity index (χ1v) is 4.61. The Morgan fingerprint density at radius 3 is 2.91 bits per heavy atom. The van der Waals surface area contributed by atoms with E-state index in [0.29, 0.717) is 16.4 Å². The van der Waals surface area contributed by atoms with E-state index in [4.69, 9.17) is 0 Å². The molecule has 1 aromatic heterocycles. The predicted octanol–water partition coefficient (Wildman–Crippen LogP) is 2.73. The Kier molecular flexibility index (Phi) is 1.81. The molecule has 0 N–H and O–H groups in total. The van der Waals surface area contributed by atoms with Gasteiger partial charge in [0.15, 0.2) is 4.34 Å². The average molecular weight is 182 g/mol. The van der Waals surface area contributed by atoms with Crippen LogP contribution in [0.3, 0.4) is 0 Å². The van der Waals surface area contributed by atoms with Crippen molar-refractivity contribution in [3.8, 4) is 0 Å². The normalized spacial score (nSPS) is 10.6. The summed E-state index contributed by atoms with van der Waals surface area (Å²) in [6.07, 6.45) is 0. The molecule has 0 amide bonds. The highest BCUT2D eigenvalue weighted by Gasteiger charge is 2.01. The third-order valence-corrected chi connectivity index (χ3v) is 2.86. The summed E-state index contributed by atoms with van der Waals surface area (Å²) >= 11 is 1.89. The lowest BCUT2D eigenvalue weighted by atomic mass is 10.3. The monoisotopic (exact) mass is 182 g/mol. The number of rotatable bonds is 1. The zero-order valence-corrected chi connectivity index (χ0v) is 7.11. The number of thiazole rings is 1. The minimum Gasteiger partial charge on any atom is -0.227 e. The maximum atomic E-state index is 10.4. The molecule has 1 radical (unpaired) electrons. The van der Waals surface area contributed by atoms with Crippen LogP contribution in [0.2, 0.25) is 0 Å². The van der Waals surface area contributed by atoms with Gasteiger partial charge in [-0.2, -0.15) is 0 Å². The average Bonchev–Trinajstić information content (AvgIpc) is 2.46. The van der Waals surface area contributed by atoms with E-state index in [9.17, 15) is 4.55 Å². The lowest BCUT2D eigenvalue weighted by molar-refractivity contribution is 0.531. The second-order valence-corrected chi connectivity index (χ2v) is 3.87. The Hall–Kier alpha value is -0.580. The smallest absolute Gasteiger partial charge is 0.181 e. The van der Waals surface area contributed by atoms with Gasteiger partial charge in [-0.15, -0.1) is 15.9 Å². The molecule has 0 saturated heterocycles. The quantitative estimate of drug-likeness (QED) is 0.635. The first-order chi connectivity index (χ1) is 5.40. The minimum absolute atomic E-state index is 0.452. The molecule has 0 aliphatic carbocycles. The van der Waals surface area contributed by atoms with Gasteiger partial charge in [0, 0.05) is 0 Å². The van der Waals surface area contributed by atoms with Crippen LogP contribution < -0.4 is 0 Å². The molecule has 2 rings (SSSR count). The van der Waals surface area contributed by atoms with Crippen LogP contribution in [0.15, 0.2) is 28.6 Å². The molecule has 0 aliphatic rings. The molecule has 1 aromatic carbocycles. The molecular formula is C7H4NOS2. The van der Waals surface area contributed by atoms with Crippen LogP contribution in [0.1, 0.15) is 0 Å². The van der Waals surface area contributed by atoms with E-state index >= 15 is 0 Å². The van der Waals surface area contributed by atoms with Crippen molar-refractivity contribution >= 4 is 33.6 Å². The van der Waals surface area contributed by atoms with Gasteiger partial charge in [-0.25, -0.2) is 4.98 Å². The molecule has 1 heterocycles. The highest BCUT2D eigenvalue weighted by Crippen LogP contribution is 2.27. The van der Waals surface area contributed by atoms with Crippen LogP contribution in [0.4, 0.5) is 0 Å². The van der Waals surface area contributed by atoms with Crippen molar-refractivity contribution in [2.75, 3.05) is 0 Å². The van der Waals surface area contributed by atoms with Crippen molar-refractivity contribution in [3.05, 3.63) is 24.3 Å². The van der Waals surface area contributed by atoms with Crippen LogP contribution in [-0.2, 0) is 4.55 Å². The molecule has 0 unspecified atom stereocenters. The molecule has 2 nitrogen and oxygen atoms in total. The fourth-order valence-corrected chi connectivity index (χ4v) is 2.12. The highest BCUT2D eigenvalue weighted by molar-refractivity contribution is 7.95. The molecule has 0 bridgehead atoms. The molecule has 0 saturated carbocycles. The Morgan fingerprint density at radius 1 is 1.36 bits per heavy atom. The van der Waals surface area contributed by atoms with Crippen molar-refractivity contribution < 1.29 is 4.55 Å².